The molecular formula is C21H27N3O4S2. The number of carbonyl (C=O) groups excluding carboxylic acids is 1. The summed E-state index contributed by atoms with van der Waals surface area (Å²) in [5.74, 6) is 0.384. The van der Waals surface area contributed by atoms with Crippen molar-refractivity contribution in [1.82, 2.24) is 14.9 Å². The molecule has 0 spiro atoms. The van der Waals surface area contributed by atoms with Crippen LogP contribution >= 0.6 is 11.3 Å². The van der Waals surface area contributed by atoms with Gasteiger partial charge in [-0.15, -0.1) is 11.3 Å². The van der Waals surface area contributed by atoms with Gasteiger partial charge in [-0.05, 0) is 60.5 Å². The number of benzene rings is 1. The Morgan fingerprint density at radius 1 is 1.30 bits per heavy atom. The van der Waals surface area contributed by atoms with Crippen LogP contribution in [0.25, 0.3) is 0 Å². The third-order valence-electron chi connectivity index (χ3n) is 5.77. The van der Waals surface area contributed by atoms with Crippen molar-refractivity contribution >= 4 is 27.3 Å². The summed E-state index contributed by atoms with van der Waals surface area (Å²) in [7, 11) is -2.18. The van der Waals surface area contributed by atoms with Gasteiger partial charge < -0.3 is 15.4 Å². The molecule has 0 bridgehead atoms. The van der Waals surface area contributed by atoms with Gasteiger partial charge in [0.15, 0.2) is 0 Å². The monoisotopic (exact) mass is 449 g/mol. The van der Waals surface area contributed by atoms with E-state index >= 15 is 0 Å². The van der Waals surface area contributed by atoms with Crippen LogP contribution in [0.1, 0.15) is 40.1 Å². The van der Waals surface area contributed by atoms with E-state index in [1.54, 1.807) is 12.5 Å². The molecule has 2 aliphatic rings. The molecule has 1 saturated heterocycles. The van der Waals surface area contributed by atoms with Gasteiger partial charge >= 0.3 is 0 Å². The van der Waals surface area contributed by atoms with Gasteiger partial charge in [-0.25, -0.2) is 8.42 Å². The van der Waals surface area contributed by atoms with Gasteiger partial charge in [-0.2, -0.15) is 4.31 Å². The first-order valence-corrected chi connectivity index (χ1v) is 12.6. The molecule has 1 aromatic carbocycles. The Morgan fingerprint density at radius 3 is 2.93 bits per heavy atom. The summed E-state index contributed by atoms with van der Waals surface area (Å²) in [5.41, 5.74) is 2.07. The normalized spacial score (nSPS) is 19.8. The number of amides is 1. The van der Waals surface area contributed by atoms with Crippen LogP contribution in [0.15, 0.2) is 34.5 Å². The predicted molar refractivity (Wildman–Crippen MR) is 117 cm³/mol. The van der Waals surface area contributed by atoms with Gasteiger partial charge in [0.1, 0.15) is 15.5 Å². The maximum atomic E-state index is 13.4. The van der Waals surface area contributed by atoms with Crippen molar-refractivity contribution in [2.75, 3.05) is 26.7 Å². The Morgan fingerprint density at radius 2 is 2.17 bits per heavy atom. The minimum atomic E-state index is -3.77. The topological polar surface area (TPSA) is 87.7 Å². The van der Waals surface area contributed by atoms with Crippen LogP contribution in [0.4, 0.5) is 0 Å². The molecule has 162 valence electrons. The molecule has 2 N–H and O–H groups in total. The highest BCUT2D eigenvalue weighted by molar-refractivity contribution is 7.89. The summed E-state index contributed by atoms with van der Waals surface area (Å²) >= 11 is 1.17. The number of thiophene rings is 1. The van der Waals surface area contributed by atoms with Crippen LogP contribution in [0.2, 0.25) is 0 Å². The van der Waals surface area contributed by atoms with E-state index in [2.05, 4.69) is 10.6 Å². The second kappa shape index (κ2) is 9.05. The molecule has 2 aliphatic heterocycles. The summed E-state index contributed by atoms with van der Waals surface area (Å²) in [6.45, 7) is 2.13. The van der Waals surface area contributed by atoms with E-state index in [4.69, 9.17) is 4.74 Å². The lowest BCUT2D eigenvalue weighted by Gasteiger charge is -2.28. The number of ether oxygens (including phenoxy) is 1. The molecule has 3 heterocycles. The van der Waals surface area contributed by atoms with Crippen molar-refractivity contribution < 1.29 is 17.9 Å². The van der Waals surface area contributed by atoms with Gasteiger partial charge in [-0.3, -0.25) is 4.79 Å². The number of hydrogen-bond donors (Lipinski definition) is 2. The van der Waals surface area contributed by atoms with E-state index in [9.17, 15) is 13.2 Å². The number of fused-ring (bicyclic) bond motifs is 1. The third-order valence-corrected chi connectivity index (χ3v) is 8.70. The number of nitrogens with one attached hydrogen (secondary N) is 2. The van der Waals surface area contributed by atoms with Crippen molar-refractivity contribution in [2.24, 2.45) is 0 Å². The molecule has 1 aromatic heterocycles. The zero-order chi connectivity index (χ0) is 21.1. The second-order valence-electron chi connectivity index (χ2n) is 7.69. The zero-order valence-corrected chi connectivity index (χ0v) is 18.7. The molecule has 7 nitrogen and oxygen atoms in total. The van der Waals surface area contributed by atoms with Gasteiger partial charge in [0.2, 0.25) is 10.0 Å². The molecule has 1 amide bonds. The number of rotatable bonds is 6. The number of piperidine rings is 1. The van der Waals surface area contributed by atoms with Gasteiger partial charge in [0.25, 0.3) is 5.91 Å². The van der Waals surface area contributed by atoms with Crippen LogP contribution in [-0.2, 0) is 23.0 Å². The first-order chi connectivity index (χ1) is 14.5. The summed E-state index contributed by atoms with van der Waals surface area (Å²) in [6, 6.07) is 7.55. The minimum Gasteiger partial charge on any atom is -0.497 e. The lowest BCUT2D eigenvalue weighted by atomic mass is 10.0. The molecule has 9 heteroatoms. The maximum Gasteiger partial charge on any atom is 0.262 e. The number of methoxy groups -OCH3 is 1. The van der Waals surface area contributed by atoms with Crippen LogP contribution in [0, 0.1) is 0 Å². The number of nitrogens with zero attached hydrogens (tertiary/aromatic N) is 1. The average Bonchev–Trinajstić information content (AvgIpc) is 3.28. The molecule has 30 heavy (non-hydrogen) atoms. The lowest BCUT2D eigenvalue weighted by molar-refractivity contribution is 0.0948. The first-order valence-electron chi connectivity index (χ1n) is 10.2. The second-order valence-corrected chi connectivity index (χ2v) is 10.5. The third kappa shape index (κ3) is 4.39. The highest BCUT2D eigenvalue weighted by atomic mass is 32.2. The van der Waals surface area contributed by atoms with Crippen molar-refractivity contribution in [1.29, 1.82) is 0 Å². The molecule has 0 unspecified atom stereocenters. The zero-order valence-electron chi connectivity index (χ0n) is 17.0. The van der Waals surface area contributed by atoms with E-state index in [0.717, 1.165) is 36.9 Å². The summed E-state index contributed by atoms with van der Waals surface area (Å²) in [5, 5.41) is 7.97. The molecule has 0 saturated carbocycles. The fraction of sp³-hybridized carbons (Fsp3) is 0.476. The Kier molecular flexibility index (Phi) is 6.43. The first kappa shape index (κ1) is 21.3. The van der Waals surface area contributed by atoms with E-state index in [0.29, 0.717) is 25.3 Å². The SMILES string of the molecule is COc1ccc2c(c1)CN(S(=O)(=O)c1ccsc1C(=O)NC[C@H]1CCCCN1)CC2. The van der Waals surface area contributed by atoms with Gasteiger partial charge in [0.05, 0.1) is 7.11 Å². The maximum absolute atomic E-state index is 13.4. The van der Waals surface area contributed by atoms with Crippen LogP contribution < -0.4 is 15.4 Å². The van der Waals surface area contributed by atoms with Gasteiger partial charge in [0, 0.05) is 25.7 Å². The molecule has 2 aromatic rings. The smallest absolute Gasteiger partial charge is 0.262 e. The molecular weight excluding hydrogens is 422 g/mol. The van der Waals surface area contributed by atoms with Crippen LogP contribution in [-0.4, -0.2) is 51.4 Å². The molecule has 0 aliphatic carbocycles. The van der Waals surface area contributed by atoms with Gasteiger partial charge in [-0.1, -0.05) is 12.5 Å². The number of hydrogen-bond acceptors (Lipinski definition) is 6. The Hall–Kier alpha value is -1.94. The van der Waals surface area contributed by atoms with Crippen LogP contribution in [0.3, 0.4) is 0 Å². The fourth-order valence-corrected chi connectivity index (χ4v) is 6.78. The van der Waals surface area contributed by atoms with Crippen molar-refractivity contribution in [2.45, 2.75) is 43.2 Å². The lowest BCUT2D eigenvalue weighted by Crippen LogP contribution is -2.43. The molecule has 1 fully saturated rings. The Labute approximate surface area is 181 Å². The largest absolute Gasteiger partial charge is 0.497 e. The summed E-state index contributed by atoms with van der Waals surface area (Å²) in [4.78, 5) is 13.1. The van der Waals surface area contributed by atoms with E-state index < -0.39 is 10.0 Å². The van der Waals surface area contributed by atoms with Crippen molar-refractivity contribution in [3.05, 3.63) is 45.6 Å². The Balaban J connectivity index is 1.49. The average molecular weight is 450 g/mol. The number of carbonyl (C=O) groups is 1. The van der Waals surface area contributed by atoms with Crippen molar-refractivity contribution in [3.63, 3.8) is 0 Å². The van der Waals surface area contributed by atoms with E-state index in [1.165, 1.54) is 21.7 Å². The molecule has 0 radical (unpaired) electrons. The summed E-state index contributed by atoms with van der Waals surface area (Å²) < 4.78 is 33.4. The van der Waals surface area contributed by atoms with Crippen LogP contribution in [0.5, 0.6) is 5.75 Å². The number of sulfonamides is 1. The van der Waals surface area contributed by atoms with Crippen molar-refractivity contribution in [3.8, 4) is 5.75 Å². The molecule has 1 atom stereocenters. The summed E-state index contributed by atoms with van der Waals surface area (Å²) in [6.07, 6.45) is 3.96. The molecule has 4 rings (SSSR count). The minimum absolute atomic E-state index is 0.0907. The Bertz CT molecular complexity index is 1010. The standard InChI is InChI=1S/C21H27N3O4S2/c1-28-18-6-5-15-7-10-24(14-16(15)12-18)30(26,27)19-8-11-29-20(19)21(25)23-13-17-4-2-3-9-22-17/h5-6,8,11-12,17,22H,2-4,7,9-10,13-14H2,1H3,(H,23,25)/t17-/m1/s1. The highest BCUT2D eigenvalue weighted by Crippen LogP contribution is 2.30. The van der Waals surface area contributed by atoms with E-state index in [1.807, 2.05) is 18.2 Å². The fourth-order valence-electron chi connectivity index (χ4n) is 4.04. The van der Waals surface area contributed by atoms with E-state index in [-0.39, 0.29) is 28.3 Å². The predicted octanol–water partition coefficient (Wildman–Crippen LogP) is 2.38. The highest BCUT2D eigenvalue weighted by Gasteiger charge is 2.32. The quantitative estimate of drug-likeness (QED) is 0.707.